The number of rotatable bonds is 3. The molecular formula is C9H10INO3. The van der Waals surface area contributed by atoms with E-state index in [1.807, 2.05) is 22.6 Å². The molecule has 5 heteroatoms. The van der Waals surface area contributed by atoms with Crippen molar-refractivity contribution in [3.05, 3.63) is 27.3 Å². The van der Waals surface area contributed by atoms with Gasteiger partial charge in [-0.25, -0.2) is 0 Å². The Morgan fingerprint density at radius 2 is 2.21 bits per heavy atom. The standard InChI is InChI=1S/C9H10INO3/c10-7-4-6(12)2-1-5(7)3-8(11)9(13)14/h1-2,4,8,12H,3,11H2,(H,13,14)/t8-/m1/s1/i10-3. The second-order valence-electron chi connectivity index (χ2n) is 2.92. The number of halogens is 1. The van der Waals surface area contributed by atoms with Crippen molar-refractivity contribution in [2.24, 2.45) is 5.73 Å². The van der Waals surface area contributed by atoms with Gasteiger partial charge < -0.3 is 15.9 Å². The number of carboxylic acids is 1. The molecule has 0 amide bonds. The normalized spacial score (nSPS) is 12.4. The molecule has 0 radical (unpaired) electrons. The molecule has 1 rings (SSSR count). The Balaban J connectivity index is 2.82. The van der Waals surface area contributed by atoms with Gasteiger partial charge in [0.25, 0.3) is 0 Å². The highest BCUT2D eigenvalue weighted by molar-refractivity contribution is 14.1. The smallest absolute Gasteiger partial charge is 0.320 e. The third kappa shape index (κ3) is 2.85. The molecule has 0 aromatic heterocycles. The Kier molecular flexibility index (Phi) is 3.70. The van der Waals surface area contributed by atoms with Crippen molar-refractivity contribution in [1.29, 1.82) is 0 Å². The number of carbonyl (C=O) groups is 1. The molecule has 0 aliphatic rings. The van der Waals surface area contributed by atoms with E-state index in [-0.39, 0.29) is 12.2 Å². The molecule has 0 unspecified atom stereocenters. The molecule has 0 bridgehead atoms. The van der Waals surface area contributed by atoms with E-state index in [1.165, 1.54) is 6.07 Å². The number of phenols is 1. The number of carboxylic acid groups (broad SMARTS) is 1. The van der Waals surface area contributed by atoms with Crippen LogP contribution in [0.25, 0.3) is 0 Å². The molecule has 0 fully saturated rings. The zero-order valence-corrected chi connectivity index (χ0v) is 9.43. The maximum absolute atomic E-state index is 10.5. The molecule has 4 N–H and O–H groups in total. The third-order valence-electron chi connectivity index (χ3n) is 1.79. The SMILES string of the molecule is N[C@H](Cc1ccc(O)cc1[124I])C(=O)O. The quantitative estimate of drug-likeness (QED) is 0.726. The van der Waals surface area contributed by atoms with Crippen LogP contribution in [0.5, 0.6) is 5.75 Å². The van der Waals surface area contributed by atoms with E-state index in [1.54, 1.807) is 12.1 Å². The molecule has 1 atom stereocenters. The minimum Gasteiger partial charge on any atom is -0.508 e. The highest BCUT2D eigenvalue weighted by atomic mass is 124. The van der Waals surface area contributed by atoms with Gasteiger partial charge in [-0.3, -0.25) is 4.79 Å². The van der Waals surface area contributed by atoms with Gasteiger partial charge in [-0.1, -0.05) is 6.07 Å². The van der Waals surface area contributed by atoms with Gasteiger partial charge in [0.15, 0.2) is 0 Å². The van der Waals surface area contributed by atoms with Gasteiger partial charge in [0.2, 0.25) is 0 Å². The van der Waals surface area contributed by atoms with Crippen LogP contribution in [0.3, 0.4) is 0 Å². The van der Waals surface area contributed by atoms with Crippen LogP contribution in [0.4, 0.5) is 0 Å². The number of aliphatic carboxylic acids is 1. The summed E-state index contributed by atoms with van der Waals surface area (Å²) in [6, 6.07) is 3.88. The minimum atomic E-state index is -1.02. The van der Waals surface area contributed by atoms with E-state index in [0.29, 0.717) is 0 Å². The summed E-state index contributed by atoms with van der Waals surface area (Å²) in [6.07, 6.45) is 0.272. The first-order valence-corrected chi connectivity index (χ1v) is 5.04. The first kappa shape index (κ1) is 11.3. The maximum Gasteiger partial charge on any atom is 0.320 e. The van der Waals surface area contributed by atoms with Gasteiger partial charge in [-0.05, 0) is 46.7 Å². The lowest BCUT2D eigenvalue weighted by Crippen LogP contribution is -2.32. The van der Waals surface area contributed by atoms with Crippen LogP contribution in [0.15, 0.2) is 18.2 Å². The predicted octanol–water partition coefficient (Wildman–Crippen LogP) is 0.951. The van der Waals surface area contributed by atoms with Crippen LogP contribution >= 0.6 is 22.6 Å². The number of hydrogen-bond acceptors (Lipinski definition) is 3. The average Bonchev–Trinajstić information content (AvgIpc) is 2.09. The summed E-state index contributed by atoms with van der Waals surface area (Å²) >= 11 is 2.03. The first-order chi connectivity index (χ1) is 6.50. The topological polar surface area (TPSA) is 83.5 Å². The average molecular weight is 304 g/mol. The highest BCUT2D eigenvalue weighted by Gasteiger charge is 2.13. The maximum atomic E-state index is 10.5. The molecular weight excluding hydrogens is 294 g/mol. The van der Waals surface area contributed by atoms with Crippen molar-refractivity contribution in [2.75, 3.05) is 0 Å². The van der Waals surface area contributed by atoms with E-state index in [2.05, 4.69) is 0 Å². The Morgan fingerprint density at radius 1 is 1.57 bits per heavy atom. The van der Waals surface area contributed by atoms with Crippen LogP contribution in [0.1, 0.15) is 5.56 Å². The first-order valence-electron chi connectivity index (χ1n) is 3.96. The third-order valence-corrected chi connectivity index (χ3v) is 2.80. The van der Waals surface area contributed by atoms with Crippen LogP contribution in [0, 0.1) is 3.57 Å². The molecule has 1 aromatic carbocycles. The summed E-state index contributed by atoms with van der Waals surface area (Å²) in [5, 5.41) is 17.7. The summed E-state index contributed by atoms with van der Waals surface area (Å²) in [6.45, 7) is 0. The minimum absolute atomic E-state index is 0.169. The van der Waals surface area contributed by atoms with Crippen LogP contribution in [-0.2, 0) is 11.2 Å². The van der Waals surface area contributed by atoms with Crippen molar-refractivity contribution >= 4 is 28.6 Å². The largest absolute Gasteiger partial charge is 0.508 e. The van der Waals surface area contributed by atoms with Gasteiger partial charge in [0, 0.05) is 3.57 Å². The molecule has 4 nitrogen and oxygen atoms in total. The Morgan fingerprint density at radius 3 is 2.71 bits per heavy atom. The van der Waals surface area contributed by atoms with Crippen molar-refractivity contribution < 1.29 is 15.0 Å². The van der Waals surface area contributed by atoms with E-state index >= 15 is 0 Å². The summed E-state index contributed by atoms with van der Waals surface area (Å²) in [5.74, 6) is -0.851. The van der Waals surface area contributed by atoms with Gasteiger partial charge in [-0.15, -0.1) is 0 Å². The van der Waals surface area contributed by atoms with Crippen molar-refractivity contribution in [3.8, 4) is 5.75 Å². The molecule has 0 aliphatic heterocycles. The molecule has 76 valence electrons. The van der Waals surface area contributed by atoms with Gasteiger partial charge >= 0.3 is 5.97 Å². The van der Waals surface area contributed by atoms with Crippen LogP contribution in [-0.4, -0.2) is 22.2 Å². The predicted molar refractivity (Wildman–Crippen MR) is 60.1 cm³/mol. The van der Waals surface area contributed by atoms with E-state index < -0.39 is 12.0 Å². The second kappa shape index (κ2) is 4.61. The number of hydrogen-bond donors (Lipinski definition) is 3. The lowest BCUT2D eigenvalue weighted by Gasteiger charge is -2.08. The molecule has 0 saturated heterocycles. The Hall–Kier alpha value is -0.820. The summed E-state index contributed by atoms with van der Waals surface area (Å²) in [5.41, 5.74) is 6.22. The van der Waals surface area contributed by atoms with Crippen molar-refractivity contribution in [3.63, 3.8) is 0 Å². The molecule has 0 aliphatic carbocycles. The summed E-state index contributed by atoms with van der Waals surface area (Å²) in [4.78, 5) is 10.5. The Labute approximate surface area is 94.9 Å². The van der Waals surface area contributed by atoms with Gasteiger partial charge in [-0.2, -0.15) is 0 Å². The summed E-state index contributed by atoms with van der Waals surface area (Å²) in [7, 11) is 0. The fourth-order valence-electron chi connectivity index (χ4n) is 1.03. The van der Waals surface area contributed by atoms with Crippen LogP contribution in [0.2, 0.25) is 0 Å². The zero-order chi connectivity index (χ0) is 10.7. The van der Waals surface area contributed by atoms with Crippen LogP contribution < -0.4 is 5.73 Å². The van der Waals surface area contributed by atoms with E-state index in [4.69, 9.17) is 15.9 Å². The van der Waals surface area contributed by atoms with Gasteiger partial charge in [0.1, 0.15) is 11.8 Å². The van der Waals surface area contributed by atoms with E-state index in [9.17, 15) is 4.79 Å². The lowest BCUT2D eigenvalue weighted by atomic mass is 10.1. The summed E-state index contributed by atoms with van der Waals surface area (Å²) < 4.78 is 0.819. The monoisotopic (exact) mass is 304 g/mol. The fourth-order valence-corrected chi connectivity index (χ4v) is 1.75. The Bertz CT molecular complexity index is 354. The number of nitrogens with two attached hydrogens (primary N) is 1. The lowest BCUT2D eigenvalue weighted by molar-refractivity contribution is -0.138. The number of aromatic hydroxyl groups is 1. The van der Waals surface area contributed by atoms with Gasteiger partial charge in [0.05, 0.1) is 0 Å². The molecule has 0 heterocycles. The highest BCUT2D eigenvalue weighted by Crippen LogP contribution is 2.19. The molecule has 14 heavy (non-hydrogen) atoms. The molecule has 0 spiro atoms. The molecule has 0 saturated carbocycles. The fraction of sp³-hybridized carbons (Fsp3) is 0.222. The molecule has 1 aromatic rings. The second-order valence-corrected chi connectivity index (χ2v) is 4.09. The zero-order valence-electron chi connectivity index (χ0n) is 7.27. The van der Waals surface area contributed by atoms with E-state index in [0.717, 1.165) is 9.13 Å². The number of benzene rings is 1. The van der Waals surface area contributed by atoms with Crippen molar-refractivity contribution in [1.82, 2.24) is 0 Å². The number of phenolic OH excluding ortho intramolecular Hbond substituents is 1. The van der Waals surface area contributed by atoms with Crippen molar-refractivity contribution in [2.45, 2.75) is 12.5 Å².